The highest BCUT2D eigenvalue weighted by molar-refractivity contribution is 6.32. The van der Waals surface area contributed by atoms with Crippen LogP contribution in [0.5, 0.6) is 5.75 Å². The number of rotatable bonds is 4. The van der Waals surface area contributed by atoms with E-state index in [0.29, 0.717) is 22.9 Å². The van der Waals surface area contributed by atoms with Gasteiger partial charge in [0, 0.05) is 49.9 Å². The van der Waals surface area contributed by atoms with Crippen molar-refractivity contribution in [2.75, 3.05) is 31.1 Å². The number of aromatic nitrogens is 1. The summed E-state index contributed by atoms with van der Waals surface area (Å²) < 4.78 is 11.4. The number of amides is 1. The zero-order chi connectivity index (χ0) is 23.6. The monoisotopic (exact) mass is 468 g/mol. The molecule has 4 rings (SSSR count). The summed E-state index contributed by atoms with van der Waals surface area (Å²) in [5, 5.41) is 10.1. The first-order chi connectivity index (χ1) is 15.7. The molecule has 0 radical (unpaired) electrons. The normalized spacial score (nSPS) is 17.3. The number of hydrogen-bond donors (Lipinski definition) is 0. The highest BCUT2D eigenvalue weighted by Crippen LogP contribution is 2.43. The summed E-state index contributed by atoms with van der Waals surface area (Å²) in [5.74, 6) is 0.611. The van der Waals surface area contributed by atoms with Gasteiger partial charge in [-0.15, -0.1) is 0 Å². The van der Waals surface area contributed by atoms with Crippen LogP contribution in [0, 0.1) is 16.7 Å². The van der Waals surface area contributed by atoms with Crippen molar-refractivity contribution in [1.29, 1.82) is 5.26 Å². The lowest BCUT2D eigenvalue weighted by Gasteiger charge is -2.54. The van der Waals surface area contributed by atoms with Crippen LogP contribution < -0.4 is 9.64 Å². The van der Waals surface area contributed by atoms with Gasteiger partial charge in [0.05, 0.1) is 22.0 Å². The zero-order valence-corrected chi connectivity index (χ0v) is 20.1. The predicted octanol–water partition coefficient (Wildman–Crippen LogP) is 5.02. The minimum absolute atomic E-state index is 0.122. The number of pyridine rings is 1. The van der Waals surface area contributed by atoms with Gasteiger partial charge in [0.25, 0.3) is 0 Å². The van der Waals surface area contributed by atoms with Crippen LogP contribution in [0.1, 0.15) is 44.9 Å². The summed E-state index contributed by atoms with van der Waals surface area (Å²) in [5.41, 5.74) is 1.71. The molecule has 174 valence electrons. The van der Waals surface area contributed by atoms with E-state index in [2.05, 4.69) is 16.0 Å². The van der Waals surface area contributed by atoms with Crippen molar-refractivity contribution in [3.05, 3.63) is 52.8 Å². The molecule has 1 aromatic carbocycles. The molecule has 2 aliphatic rings. The van der Waals surface area contributed by atoms with E-state index >= 15 is 0 Å². The molecule has 1 amide bonds. The molecule has 7 nitrogen and oxygen atoms in total. The Labute approximate surface area is 199 Å². The van der Waals surface area contributed by atoms with Crippen molar-refractivity contribution in [2.24, 2.45) is 5.41 Å². The van der Waals surface area contributed by atoms with E-state index in [1.54, 1.807) is 17.2 Å². The van der Waals surface area contributed by atoms with Crippen LogP contribution in [0.4, 0.5) is 10.5 Å². The SMILES string of the molecule is CC(C)(C)OC(=O)N1CC2(CCN(c3cc(OCc4ccccn4)cc(Cl)c3C#N)CC2)C1. The maximum atomic E-state index is 12.3. The van der Waals surface area contributed by atoms with E-state index < -0.39 is 5.60 Å². The van der Waals surface area contributed by atoms with Gasteiger partial charge in [-0.3, -0.25) is 4.98 Å². The quantitative estimate of drug-likeness (QED) is 0.626. The topological polar surface area (TPSA) is 78.7 Å². The van der Waals surface area contributed by atoms with Crippen LogP contribution in [0.2, 0.25) is 5.02 Å². The van der Waals surface area contributed by atoms with Crippen LogP contribution in [-0.2, 0) is 11.3 Å². The van der Waals surface area contributed by atoms with E-state index in [-0.39, 0.29) is 11.5 Å². The lowest BCUT2D eigenvalue weighted by molar-refractivity contribution is -0.0434. The first-order valence-electron chi connectivity index (χ1n) is 11.2. The van der Waals surface area contributed by atoms with E-state index in [4.69, 9.17) is 21.1 Å². The number of hydrogen-bond acceptors (Lipinski definition) is 6. The fourth-order valence-corrected chi connectivity index (χ4v) is 4.66. The second-order valence-corrected chi connectivity index (χ2v) is 10.3. The molecule has 8 heteroatoms. The number of likely N-dealkylation sites (tertiary alicyclic amines) is 1. The van der Waals surface area contributed by atoms with Crippen molar-refractivity contribution >= 4 is 23.4 Å². The zero-order valence-electron chi connectivity index (χ0n) is 19.3. The number of nitrogens with zero attached hydrogens (tertiary/aromatic N) is 4. The molecular weight excluding hydrogens is 440 g/mol. The molecule has 1 aromatic heterocycles. The average Bonchev–Trinajstić information content (AvgIpc) is 2.75. The third-order valence-electron chi connectivity index (χ3n) is 6.14. The number of anilines is 1. The van der Waals surface area contributed by atoms with Gasteiger partial charge in [-0.1, -0.05) is 17.7 Å². The number of piperidine rings is 1. The van der Waals surface area contributed by atoms with Crippen molar-refractivity contribution < 1.29 is 14.3 Å². The Bertz CT molecular complexity index is 1050. The summed E-state index contributed by atoms with van der Waals surface area (Å²) in [4.78, 5) is 20.6. The molecule has 0 bridgehead atoms. The molecule has 33 heavy (non-hydrogen) atoms. The Hall–Kier alpha value is -2.98. The molecular formula is C25H29ClN4O3. The first-order valence-corrected chi connectivity index (χ1v) is 11.6. The number of halogens is 1. The summed E-state index contributed by atoms with van der Waals surface area (Å²) in [6, 6.07) is 11.5. The average molecular weight is 469 g/mol. The molecule has 2 aromatic rings. The number of benzene rings is 1. The Morgan fingerprint density at radius 1 is 1.24 bits per heavy atom. The predicted molar refractivity (Wildman–Crippen MR) is 126 cm³/mol. The highest BCUT2D eigenvalue weighted by atomic mass is 35.5. The van der Waals surface area contributed by atoms with Crippen LogP contribution >= 0.6 is 11.6 Å². The van der Waals surface area contributed by atoms with Crippen LogP contribution in [-0.4, -0.2) is 47.8 Å². The summed E-state index contributed by atoms with van der Waals surface area (Å²) in [6.07, 6.45) is 3.36. The third-order valence-corrected chi connectivity index (χ3v) is 6.43. The maximum absolute atomic E-state index is 12.3. The van der Waals surface area contributed by atoms with Gasteiger partial charge in [-0.2, -0.15) is 5.26 Å². The Balaban J connectivity index is 1.40. The molecule has 2 saturated heterocycles. The maximum Gasteiger partial charge on any atom is 0.410 e. The van der Waals surface area contributed by atoms with E-state index in [0.717, 1.165) is 50.4 Å². The lowest BCUT2D eigenvalue weighted by atomic mass is 9.72. The summed E-state index contributed by atoms with van der Waals surface area (Å²) in [6.45, 7) is 8.98. The number of carbonyl (C=O) groups excluding carboxylic acids is 1. The van der Waals surface area contributed by atoms with Gasteiger partial charge in [0.2, 0.25) is 0 Å². The van der Waals surface area contributed by atoms with Gasteiger partial charge in [-0.25, -0.2) is 4.79 Å². The fourth-order valence-electron chi connectivity index (χ4n) is 4.41. The fraction of sp³-hybridized carbons (Fsp3) is 0.480. The molecule has 0 aliphatic carbocycles. The molecule has 0 saturated carbocycles. The van der Waals surface area contributed by atoms with Gasteiger partial charge in [0.1, 0.15) is 24.0 Å². The van der Waals surface area contributed by atoms with Gasteiger partial charge in [0.15, 0.2) is 0 Å². The molecule has 2 aliphatic heterocycles. The number of carbonyl (C=O) groups is 1. The largest absolute Gasteiger partial charge is 0.487 e. The second kappa shape index (κ2) is 9.11. The Kier molecular flexibility index (Phi) is 6.40. The van der Waals surface area contributed by atoms with E-state index in [9.17, 15) is 10.1 Å². The van der Waals surface area contributed by atoms with E-state index in [1.165, 1.54) is 0 Å². The highest BCUT2D eigenvalue weighted by Gasteiger charge is 2.48. The van der Waals surface area contributed by atoms with Crippen molar-refractivity contribution in [3.63, 3.8) is 0 Å². The third kappa shape index (κ3) is 5.33. The molecule has 0 N–H and O–H groups in total. The minimum atomic E-state index is -0.486. The smallest absolute Gasteiger partial charge is 0.410 e. The van der Waals surface area contributed by atoms with Crippen LogP contribution in [0.3, 0.4) is 0 Å². The van der Waals surface area contributed by atoms with Crippen molar-refractivity contribution in [3.8, 4) is 11.8 Å². The van der Waals surface area contributed by atoms with Crippen molar-refractivity contribution in [2.45, 2.75) is 45.8 Å². The molecule has 0 unspecified atom stereocenters. The van der Waals surface area contributed by atoms with Gasteiger partial charge >= 0.3 is 6.09 Å². The standard InChI is InChI=1S/C25H29ClN4O3/c1-24(2,3)33-23(31)30-16-25(17-30)7-10-29(11-8-25)22-13-19(12-21(26)20(22)14-27)32-15-18-6-4-5-9-28-18/h4-6,9,12-13H,7-8,10-11,15-17H2,1-3H3. The Morgan fingerprint density at radius 2 is 1.97 bits per heavy atom. The van der Waals surface area contributed by atoms with Gasteiger partial charge in [-0.05, 0) is 45.7 Å². The number of nitriles is 1. The first kappa shape index (κ1) is 23.2. The van der Waals surface area contributed by atoms with E-state index in [1.807, 2.05) is 45.0 Å². The molecule has 0 atom stereocenters. The molecule has 1 spiro atoms. The minimum Gasteiger partial charge on any atom is -0.487 e. The van der Waals surface area contributed by atoms with Crippen LogP contribution in [0.25, 0.3) is 0 Å². The van der Waals surface area contributed by atoms with Gasteiger partial charge < -0.3 is 19.3 Å². The Morgan fingerprint density at radius 3 is 2.58 bits per heavy atom. The lowest BCUT2D eigenvalue weighted by Crippen LogP contribution is -2.62. The summed E-state index contributed by atoms with van der Waals surface area (Å²) >= 11 is 6.43. The van der Waals surface area contributed by atoms with Crippen molar-refractivity contribution in [1.82, 2.24) is 9.88 Å². The molecule has 3 heterocycles. The summed E-state index contributed by atoms with van der Waals surface area (Å²) in [7, 11) is 0. The van der Waals surface area contributed by atoms with Crippen LogP contribution in [0.15, 0.2) is 36.5 Å². The number of ether oxygens (including phenoxy) is 2. The second-order valence-electron chi connectivity index (χ2n) is 9.84. The molecule has 2 fully saturated rings.